The Morgan fingerprint density at radius 2 is 2.06 bits per heavy atom. The number of rotatable bonds is 1. The van der Waals surface area contributed by atoms with Gasteiger partial charge in [0, 0.05) is 16.4 Å². The van der Waals surface area contributed by atoms with E-state index in [4.69, 9.17) is 22.6 Å². The minimum absolute atomic E-state index is 0.463. The van der Waals surface area contributed by atoms with E-state index in [-0.39, 0.29) is 0 Å². The topological polar surface area (TPSA) is 54.7 Å². The summed E-state index contributed by atoms with van der Waals surface area (Å²) in [7, 11) is 0. The number of aromatic nitrogens is 1. The average molecular weight is 246 g/mol. The van der Waals surface area contributed by atoms with Gasteiger partial charge in [0.1, 0.15) is 11.9 Å². The summed E-state index contributed by atoms with van der Waals surface area (Å²) in [5.74, 6) is 0.463. The third kappa shape index (κ3) is 1.77. The molecule has 0 aliphatic rings. The first-order valence-corrected chi connectivity index (χ1v) is 5.57. The summed E-state index contributed by atoms with van der Waals surface area (Å²) in [5.41, 5.74) is 9.26. The molecule has 2 aromatic rings. The van der Waals surface area contributed by atoms with E-state index in [2.05, 4.69) is 6.07 Å². The molecule has 3 nitrogen and oxygen atoms in total. The highest BCUT2D eigenvalue weighted by atomic mass is 35.5. The van der Waals surface area contributed by atoms with Crippen LogP contribution in [-0.4, -0.2) is 4.57 Å². The van der Waals surface area contributed by atoms with Gasteiger partial charge in [0.25, 0.3) is 0 Å². The Kier molecular flexibility index (Phi) is 2.83. The van der Waals surface area contributed by atoms with Crippen LogP contribution in [-0.2, 0) is 0 Å². The minimum atomic E-state index is 0.463. The predicted molar refractivity (Wildman–Crippen MR) is 69.4 cm³/mol. The van der Waals surface area contributed by atoms with Crippen LogP contribution < -0.4 is 5.73 Å². The van der Waals surface area contributed by atoms with Crippen LogP contribution in [0.15, 0.2) is 24.3 Å². The van der Waals surface area contributed by atoms with E-state index < -0.39 is 0 Å². The normalized spacial score (nSPS) is 10.2. The lowest BCUT2D eigenvalue weighted by Gasteiger charge is -2.09. The number of hydrogen-bond donors (Lipinski definition) is 1. The van der Waals surface area contributed by atoms with Gasteiger partial charge in [-0.1, -0.05) is 17.7 Å². The van der Waals surface area contributed by atoms with Crippen molar-refractivity contribution in [1.82, 2.24) is 4.57 Å². The lowest BCUT2D eigenvalue weighted by molar-refractivity contribution is 1.02. The van der Waals surface area contributed by atoms with Crippen LogP contribution in [0.3, 0.4) is 0 Å². The zero-order valence-corrected chi connectivity index (χ0v) is 10.4. The summed E-state index contributed by atoms with van der Waals surface area (Å²) < 4.78 is 1.85. The average Bonchev–Trinajstić information content (AvgIpc) is 2.50. The molecule has 0 aliphatic heterocycles. The second kappa shape index (κ2) is 4.15. The van der Waals surface area contributed by atoms with Crippen molar-refractivity contribution in [2.45, 2.75) is 13.8 Å². The summed E-state index contributed by atoms with van der Waals surface area (Å²) in [6, 6.07) is 9.53. The van der Waals surface area contributed by atoms with Crippen LogP contribution in [0.1, 0.15) is 16.8 Å². The Bertz CT molecular complexity index is 620. The fourth-order valence-electron chi connectivity index (χ4n) is 1.92. The highest BCUT2D eigenvalue weighted by Crippen LogP contribution is 2.28. The van der Waals surface area contributed by atoms with E-state index in [9.17, 15) is 0 Å². The van der Waals surface area contributed by atoms with Crippen LogP contribution in [0.2, 0.25) is 5.02 Å². The van der Waals surface area contributed by atoms with E-state index in [1.54, 1.807) is 6.07 Å². The van der Waals surface area contributed by atoms with Crippen LogP contribution in [0.4, 0.5) is 5.82 Å². The van der Waals surface area contributed by atoms with Crippen molar-refractivity contribution in [2.24, 2.45) is 0 Å². The quantitative estimate of drug-likeness (QED) is 0.839. The van der Waals surface area contributed by atoms with E-state index in [1.807, 2.05) is 36.6 Å². The lowest BCUT2D eigenvalue weighted by atomic mass is 10.2. The molecule has 0 saturated heterocycles. The number of hydrogen-bond acceptors (Lipinski definition) is 2. The molecule has 0 bridgehead atoms. The van der Waals surface area contributed by atoms with Crippen molar-refractivity contribution in [3.8, 4) is 11.8 Å². The number of nitrogen functional groups attached to an aromatic ring is 1. The molecule has 2 rings (SSSR count). The maximum Gasteiger partial charge on any atom is 0.126 e. The first kappa shape index (κ1) is 11.6. The number of benzene rings is 1. The Labute approximate surface area is 105 Å². The molecule has 1 heterocycles. The monoisotopic (exact) mass is 245 g/mol. The van der Waals surface area contributed by atoms with Gasteiger partial charge in [-0.15, -0.1) is 0 Å². The van der Waals surface area contributed by atoms with Gasteiger partial charge in [0.05, 0.1) is 5.56 Å². The Morgan fingerprint density at radius 3 is 2.59 bits per heavy atom. The molecule has 0 saturated carbocycles. The molecule has 1 aromatic carbocycles. The van der Waals surface area contributed by atoms with E-state index in [0.29, 0.717) is 16.4 Å². The fraction of sp³-hybridized carbons (Fsp3) is 0.154. The highest BCUT2D eigenvalue weighted by molar-refractivity contribution is 6.30. The Morgan fingerprint density at radius 1 is 1.35 bits per heavy atom. The molecule has 0 spiro atoms. The molecule has 0 radical (unpaired) electrons. The summed E-state index contributed by atoms with van der Waals surface area (Å²) in [4.78, 5) is 0. The number of nitrogens with zero attached hydrogens (tertiary/aromatic N) is 2. The zero-order chi connectivity index (χ0) is 12.6. The number of nitrogens with two attached hydrogens (primary N) is 1. The third-order valence-electron chi connectivity index (χ3n) is 2.93. The molecule has 2 N–H and O–H groups in total. The summed E-state index contributed by atoms with van der Waals surface area (Å²) in [6.45, 7) is 3.83. The Balaban J connectivity index is 2.73. The smallest absolute Gasteiger partial charge is 0.126 e. The zero-order valence-electron chi connectivity index (χ0n) is 9.66. The SMILES string of the molecule is Cc1c(C#N)c(N)n(-c2cccc(Cl)c2)c1C. The van der Waals surface area contributed by atoms with Gasteiger partial charge < -0.3 is 5.73 Å². The van der Waals surface area contributed by atoms with Crippen molar-refractivity contribution >= 4 is 17.4 Å². The molecule has 4 heteroatoms. The second-order valence-corrected chi connectivity index (χ2v) is 4.33. The molecule has 0 aliphatic carbocycles. The van der Waals surface area contributed by atoms with Crippen LogP contribution in [0, 0.1) is 25.2 Å². The number of halogens is 1. The van der Waals surface area contributed by atoms with Crippen molar-refractivity contribution in [3.05, 3.63) is 46.1 Å². The fourth-order valence-corrected chi connectivity index (χ4v) is 2.11. The molecule has 86 valence electrons. The Hall–Kier alpha value is -1.92. The molecular formula is C13H12ClN3. The first-order valence-electron chi connectivity index (χ1n) is 5.19. The maximum atomic E-state index is 9.07. The lowest BCUT2D eigenvalue weighted by Crippen LogP contribution is -2.02. The second-order valence-electron chi connectivity index (χ2n) is 3.90. The molecule has 17 heavy (non-hydrogen) atoms. The van der Waals surface area contributed by atoms with Gasteiger partial charge in [-0.05, 0) is 37.6 Å². The van der Waals surface area contributed by atoms with Crippen molar-refractivity contribution in [1.29, 1.82) is 5.26 Å². The van der Waals surface area contributed by atoms with Crippen molar-refractivity contribution < 1.29 is 0 Å². The largest absolute Gasteiger partial charge is 0.384 e. The number of anilines is 1. The van der Waals surface area contributed by atoms with Gasteiger partial charge >= 0.3 is 0 Å². The van der Waals surface area contributed by atoms with Crippen LogP contribution in [0.25, 0.3) is 5.69 Å². The molecule has 1 aromatic heterocycles. The van der Waals surface area contributed by atoms with E-state index in [0.717, 1.165) is 16.9 Å². The van der Waals surface area contributed by atoms with E-state index in [1.165, 1.54) is 0 Å². The summed E-state index contributed by atoms with van der Waals surface area (Å²) >= 11 is 5.96. The van der Waals surface area contributed by atoms with E-state index >= 15 is 0 Å². The van der Waals surface area contributed by atoms with Crippen molar-refractivity contribution in [3.63, 3.8) is 0 Å². The number of nitriles is 1. The van der Waals surface area contributed by atoms with Gasteiger partial charge in [0.15, 0.2) is 0 Å². The van der Waals surface area contributed by atoms with Gasteiger partial charge in [-0.3, -0.25) is 4.57 Å². The van der Waals surface area contributed by atoms with Gasteiger partial charge in [-0.2, -0.15) is 5.26 Å². The van der Waals surface area contributed by atoms with Crippen LogP contribution in [0.5, 0.6) is 0 Å². The molecule has 0 atom stereocenters. The molecule has 0 unspecified atom stereocenters. The first-order chi connectivity index (χ1) is 8.06. The van der Waals surface area contributed by atoms with Crippen molar-refractivity contribution in [2.75, 3.05) is 5.73 Å². The predicted octanol–water partition coefficient (Wildman–Crippen LogP) is 3.20. The summed E-state index contributed by atoms with van der Waals surface area (Å²) in [6.07, 6.45) is 0. The molecule has 0 amide bonds. The van der Waals surface area contributed by atoms with Crippen LogP contribution >= 0.6 is 11.6 Å². The molecule has 0 fully saturated rings. The molecular weight excluding hydrogens is 234 g/mol. The standard InChI is InChI=1S/C13H12ClN3/c1-8-9(2)17(13(16)12(8)7-15)11-5-3-4-10(14)6-11/h3-6H,16H2,1-2H3. The maximum absolute atomic E-state index is 9.07. The minimum Gasteiger partial charge on any atom is -0.384 e. The van der Waals surface area contributed by atoms with Gasteiger partial charge in [0.2, 0.25) is 0 Å². The van der Waals surface area contributed by atoms with Gasteiger partial charge in [-0.25, -0.2) is 0 Å². The summed E-state index contributed by atoms with van der Waals surface area (Å²) in [5, 5.41) is 9.71. The highest BCUT2D eigenvalue weighted by Gasteiger charge is 2.16. The third-order valence-corrected chi connectivity index (χ3v) is 3.16.